The third-order valence-electron chi connectivity index (χ3n) is 3.98. The van der Waals surface area contributed by atoms with E-state index in [1.165, 1.54) is 0 Å². The molecular formula is C15H18F13NO2. The summed E-state index contributed by atoms with van der Waals surface area (Å²) < 4.78 is 172. The van der Waals surface area contributed by atoms with Gasteiger partial charge in [-0.15, -0.1) is 0 Å². The SMILES string of the molecule is CCCN(C)CCC(=O)OCCC(F)(F)C(F)(F)C(F)(F)C(F)(F)C(F)(F)C(F)(F)F. The molecule has 0 aromatic heterocycles. The average Bonchev–Trinajstić information content (AvgIpc) is 2.58. The molecule has 0 unspecified atom stereocenters. The van der Waals surface area contributed by atoms with Gasteiger partial charge >= 0.3 is 41.8 Å². The van der Waals surface area contributed by atoms with Gasteiger partial charge < -0.3 is 9.64 Å². The fraction of sp³-hybridized carbons (Fsp3) is 0.933. The van der Waals surface area contributed by atoms with E-state index < -0.39 is 61.2 Å². The van der Waals surface area contributed by atoms with Gasteiger partial charge in [0.25, 0.3) is 0 Å². The predicted octanol–water partition coefficient (Wildman–Crippen LogP) is 5.39. The number of hydrogen-bond acceptors (Lipinski definition) is 3. The van der Waals surface area contributed by atoms with Crippen LogP contribution in [0.3, 0.4) is 0 Å². The summed E-state index contributed by atoms with van der Waals surface area (Å²) in [6.07, 6.45) is -9.80. The van der Waals surface area contributed by atoms with Crippen molar-refractivity contribution in [1.82, 2.24) is 4.90 Å². The zero-order valence-corrected chi connectivity index (χ0v) is 15.9. The molecule has 0 saturated heterocycles. The maximum atomic E-state index is 13.5. The molecule has 0 amide bonds. The smallest absolute Gasteiger partial charge is 0.460 e. The molecule has 0 heterocycles. The summed E-state index contributed by atoms with van der Waals surface area (Å²) in [5.74, 6) is -38.4. The number of nitrogens with zero attached hydrogens (tertiary/aromatic N) is 1. The van der Waals surface area contributed by atoms with Crippen LogP contribution in [-0.4, -0.2) is 73.4 Å². The van der Waals surface area contributed by atoms with Gasteiger partial charge in [0.2, 0.25) is 0 Å². The monoisotopic (exact) mass is 491 g/mol. The molecule has 0 aliphatic carbocycles. The third-order valence-corrected chi connectivity index (χ3v) is 3.98. The molecule has 0 aliphatic rings. The van der Waals surface area contributed by atoms with Crippen LogP contribution in [0.2, 0.25) is 0 Å². The van der Waals surface area contributed by atoms with Gasteiger partial charge in [0.1, 0.15) is 0 Å². The third kappa shape index (κ3) is 5.86. The number of esters is 1. The van der Waals surface area contributed by atoms with Crippen molar-refractivity contribution in [3.8, 4) is 0 Å². The summed E-state index contributed by atoms with van der Waals surface area (Å²) in [5, 5.41) is 0. The van der Waals surface area contributed by atoms with Gasteiger partial charge in [-0.1, -0.05) is 6.92 Å². The van der Waals surface area contributed by atoms with E-state index in [0.717, 1.165) is 0 Å². The second kappa shape index (κ2) is 9.57. The minimum absolute atomic E-state index is 0.0239. The van der Waals surface area contributed by atoms with Crippen molar-refractivity contribution in [3.63, 3.8) is 0 Å². The standard InChI is InChI=1S/C15H18F13NO2/c1-3-6-29(2)7-4-9(30)31-8-5-10(16,17)11(18,19)12(20,21)13(22,23)14(24,25)15(26,27)28/h3-8H2,1-2H3. The summed E-state index contributed by atoms with van der Waals surface area (Å²) in [6, 6.07) is 0. The molecule has 0 saturated carbocycles. The molecule has 0 fully saturated rings. The summed E-state index contributed by atoms with van der Waals surface area (Å²) >= 11 is 0. The summed E-state index contributed by atoms with van der Waals surface area (Å²) in [7, 11) is 1.55. The summed E-state index contributed by atoms with van der Waals surface area (Å²) in [4.78, 5) is 12.9. The van der Waals surface area contributed by atoms with Crippen molar-refractivity contribution in [2.45, 2.75) is 62.0 Å². The van der Waals surface area contributed by atoms with Gasteiger partial charge in [0.15, 0.2) is 0 Å². The van der Waals surface area contributed by atoms with E-state index in [1.54, 1.807) is 18.9 Å². The van der Waals surface area contributed by atoms with Crippen LogP contribution in [0, 0.1) is 0 Å². The lowest BCUT2D eigenvalue weighted by Gasteiger charge is -2.39. The quantitative estimate of drug-likeness (QED) is 0.271. The van der Waals surface area contributed by atoms with Crippen molar-refractivity contribution < 1.29 is 66.6 Å². The van der Waals surface area contributed by atoms with Gasteiger partial charge in [-0.3, -0.25) is 4.79 Å². The molecule has 3 nitrogen and oxygen atoms in total. The van der Waals surface area contributed by atoms with Gasteiger partial charge in [0, 0.05) is 6.54 Å². The number of ether oxygens (including phenoxy) is 1. The second-order valence-corrected chi connectivity index (χ2v) is 6.52. The highest BCUT2D eigenvalue weighted by atomic mass is 19.4. The first-order chi connectivity index (χ1) is 13.6. The Hall–Kier alpha value is -1.48. The number of rotatable bonds is 12. The fourth-order valence-corrected chi connectivity index (χ4v) is 2.10. The number of carbonyl (C=O) groups excluding carboxylic acids is 1. The van der Waals surface area contributed by atoms with Crippen LogP contribution in [0.4, 0.5) is 57.1 Å². The Balaban J connectivity index is 5.36. The van der Waals surface area contributed by atoms with Crippen LogP contribution in [0.15, 0.2) is 0 Å². The normalized spacial score (nSPS) is 14.8. The highest BCUT2D eigenvalue weighted by molar-refractivity contribution is 5.69. The molecule has 0 radical (unpaired) electrons. The van der Waals surface area contributed by atoms with E-state index in [0.29, 0.717) is 13.0 Å². The maximum Gasteiger partial charge on any atom is 0.460 e. The molecule has 0 aromatic carbocycles. The lowest BCUT2D eigenvalue weighted by Crippen LogP contribution is -2.70. The van der Waals surface area contributed by atoms with Crippen LogP contribution in [-0.2, 0) is 9.53 Å². The number of hydrogen-bond donors (Lipinski definition) is 0. The number of carbonyl (C=O) groups is 1. The van der Waals surface area contributed by atoms with Gasteiger partial charge in [-0.25, -0.2) is 0 Å². The Morgan fingerprint density at radius 1 is 0.742 bits per heavy atom. The van der Waals surface area contributed by atoms with Gasteiger partial charge in [-0.2, -0.15) is 57.1 Å². The predicted molar refractivity (Wildman–Crippen MR) is 78.8 cm³/mol. The van der Waals surface area contributed by atoms with E-state index in [9.17, 15) is 61.9 Å². The Kier molecular flexibility index (Phi) is 9.11. The maximum absolute atomic E-state index is 13.5. The largest absolute Gasteiger partial charge is 0.465 e. The molecule has 0 aliphatic heterocycles. The first kappa shape index (κ1) is 29.5. The van der Waals surface area contributed by atoms with Crippen molar-refractivity contribution in [3.05, 3.63) is 0 Å². The molecule has 186 valence electrons. The number of halogens is 13. The molecule has 0 atom stereocenters. The van der Waals surface area contributed by atoms with Gasteiger partial charge in [-0.05, 0) is 20.0 Å². The van der Waals surface area contributed by atoms with Crippen LogP contribution in [0.25, 0.3) is 0 Å². The van der Waals surface area contributed by atoms with Crippen LogP contribution < -0.4 is 0 Å². The highest BCUT2D eigenvalue weighted by Crippen LogP contribution is 2.60. The lowest BCUT2D eigenvalue weighted by molar-refractivity contribution is -0.440. The van der Waals surface area contributed by atoms with E-state index in [1.807, 2.05) is 0 Å². The highest BCUT2D eigenvalue weighted by Gasteiger charge is 2.90. The molecule has 31 heavy (non-hydrogen) atoms. The molecule has 0 rings (SSSR count). The van der Waals surface area contributed by atoms with Crippen molar-refractivity contribution >= 4 is 5.97 Å². The van der Waals surface area contributed by atoms with Gasteiger partial charge in [0.05, 0.1) is 19.4 Å². The van der Waals surface area contributed by atoms with E-state index in [-0.39, 0.29) is 6.54 Å². The van der Waals surface area contributed by atoms with Crippen molar-refractivity contribution in [1.29, 1.82) is 0 Å². The molecule has 0 spiro atoms. The Morgan fingerprint density at radius 3 is 1.61 bits per heavy atom. The van der Waals surface area contributed by atoms with Crippen LogP contribution in [0.5, 0.6) is 0 Å². The Morgan fingerprint density at radius 2 is 1.19 bits per heavy atom. The van der Waals surface area contributed by atoms with E-state index >= 15 is 0 Å². The van der Waals surface area contributed by atoms with Crippen LogP contribution in [0.1, 0.15) is 26.2 Å². The molecule has 0 N–H and O–H groups in total. The molecule has 16 heteroatoms. The summed E-state index contributed by atoms with van der Waals surface area (Å²) in [6.45, 7) is 0.580. The zero-order chi connectivity index (χ0) is 25.1. The second-order valence-electron chi connectivity index (χ2n) is 6.52. The van der Waals surface area contributed by atoms with Crippen molar-refractivity contribution in [2.24, 2.45) is 0 Å². The van der Waals surface area contributed by atoms with Crippen molar-refractivity contribution in [2.75, 3.05) is 26.7 Å². The van der Waals surface area contributed by atoms with E-state index in [4.69, 9.17) is 0 Å². The fourth-order valence-electron chi connectivity index (χ4n) is 2.10. The molecule has 0 bridgehead atoms. The Bertz CT molecular complexity index is 604. The topological polar surface area (TPSA) is 29.5 Å². The minimum Gasteiger partial charge on any atom is -0.465 e. The van der Waals surface area contributed by atoms with E-state index in [2.05, 4.69) is 4.74 Å². The summed E-state index contributed by atoms with van der Waals surface area (Å²) in [5.41, 5.74) is 0. The molecule has 0 aromatic rings. The van der Waals surface area contributed by atoms with Crippen LogP contribution >= 0.6 is 0 Å². The zero-order valence-electron chi connectivity index (χ0n) is 15.9. The first-order valence-electron chi connectivity index (χ1n) is 8.40. The average molecular weight is 491 g/mol. The minimum atomic E-state index is -7.94. The lowest BCUT2D eigenvalue weighted by atomic mass is 9.93. The first-order valence-corrected chi connectivity index (χ1v) is 8.40. The number of alkyl halides is 13. The Labute approximate surface area is 167 Å². The molecular weight excluding hydrogens is 473 g/mol.